The van der Waals surface area contributed by atoms with E-state index in [-0.39, 0.29) is 35.3 Å². The number of carboxylic acid groups (broad SMARTS) is 1. The number of aliphatic hydroxyl groups is 3. The van der Waals surface area contributed by atoms with E-state index in [9.17, 15) is 49.2 Å². The number of nitrogens with one attached hydrogen (secondary N) is 1. The van der Waals surface area contributed by atoms with Crippen LogP contribution in [0.1, 0.15) is 103 Å². The molecule has 6 rings (SSSR count). The van der Waals surface area contributed by atoms with Crippen LogP contribution in [0.2, 0.25) is 0 Å². The van der Waals surface area contributed by atoms with Crippen molar-refractivity contribution in [2.24, 2.45) is 16.7 Å². The first-order valence-corrected chi connectivity index (χ1v) is 21.4. The zero-order valence-electron chi connectivity index (χ0n) is 37.5. The minimum atomic E-state index is -2.46. The first kappa shape index (κ1) is 48.8. The van der Waals surface area contributed by atoms with Crippen LogP contribution >= 0.6 is 0 Å². The molecule has 18 heteroatoms. The van der Waals surface area contributed by atoms with E-state index in [4.69, 9.17) is 28.4 Å². The highest BCUT2D eigenvalue weighted by Gasteiger charge is 2.78. The Hall–Kier alpha value is -5.69. The standard InChI is InChI=1S/C47H57NO17/c1-24-28(61-41(57)36(62-32(53)20-19-31(51)52)34(26-15-11-9-12-16-26)48-42(58)65-43(3,4)5)22-47(59)39(63-40(56)27-17-13-10-14-18-27)37-45(8,38(55)35(54)33(24)44(47,6)7)29(50)21-30-46(37,23-60-30)64-25(2)49/h9-18,28-30,34-37,39,50,54,59H,19-23H2,1-8H3,(H,48,58)(H,51,52)/t28-,29-,30+,34-,35+,36+,37-,39-,45+,46-,47+/m0/s1. The number of carbonyl (C=O) groups is 7. The number of hydrogen-bond acceptors (Lipinski definition) is 16. The van der Waals surface area contributed by atoms with E-state index in [2.05, 4.69) is 5.32 Å². The predicted octanol–water partition coefficient (Wildman–Crippen LogP) is 3.68. The number of aliphatic hydroxyl groups excluding tert-OH is 2. The first-order valence-electron chi connectivity index (χ1n) is 21.4. The molecule has 2 saturated carbocycles. The molecule has 3 fully saturated rings. The lowest BCUT2D eigenvalue weighted by Crippen LogP contribution is -2.81. The van der Waals surface area contributed by atoms with Gasteiger partial charge in [-0.15, -0.1) is 0 Å². The molecule has 2 aromatic rings. The number of aliphatic carboxylic acids is 1. The van der Waals surface area contributed by atoms with Crippen molar-refractivity contribution in [1.29, 1.82) is 0 Å². The summed E-state index contributed by atoms with van der Waals surface area (Å²) >= 11 is 0. The fourth-order valence-corrected chi connectivity index (χ4v) is 10.1. The maximum absolute atomic E-state index is 15.1. The Bertz CT molecular complexity index is 2240. The maximum Gasteiger partial charge on any atom is 0.408 e. The van der Waals surface area contributed by atoms with Gasteiger partial charge in [0.05, 0.1) is 42.4 Å². The van der Waals surface area contributed by atoms with Gasteiger partial charge < -0.3 is 54.2 Å². The molecular weight excluding hydrogens is 851 g/mol. The van der Waals surface area contributed by atoms with Gasteiger partial charge in [-0.2, -0.15) is 0 Å². The van der Waals surface area contributed by atoms with Crippen LogP contribution < -0.4 is 5.32 Å². The molecule has 11 atom stereocenters. The van der Waals surface area contributed by atoms with E-state index in [0.717, 1.165) is 6.92 Å². The number of amides is 1. The van der Waals surface area contributed by atoms with Crippen LogP contribution in [0.15, 0.2) is 71.8 Å². The van der Waals surface area contributed by atoms with Crippen LogP contribution in [0.4, 0.5) is 4.79 Å². The largest absolute Gasteiger partial charge is 0.481 e. The molecule has 1 heterocycles. The smallest absolute Gasteiger partial charge is 0.408 e. The van der Waals surface area contributed by atoms with Gasteiger partial charge in [-0.3, -0.25) is 19.2 Å². The summed E-state index contributed by atoms with van der Waals surface area (Å²) in [4.78, 5) is 95.2. The van der Waals surface area contributed by atoms with Crippen molar-refractivity contribution >= 4 is 41.7 Å². The van der Waals surface area contributed by atoms with Gasteiger partial charge in [-0.05, 0) is 63.5 Å². The predicted molar refractivity (Wildman–Crippen MR) is 224 cm³/mol. The van der Waals surface area contributed by atoms with Gasteiger partial charge in [-0.25, -0.2) is 14.4 Å². The van der Waals surface area contributed by atoms with Crippen molar-refractivity contribution in [3.63, 3.8) is 0 Å². The van der Waals surface area contributed by atoms with E-state index in [0.29, 0.717) is 0 Å². The van der Waals surface area contributed by atoms with E-state index in [1.165, 1.54) is 52.0 Å². The minimum Gasteiger partial charge on any atom is -0.481 e. The highest BCUT2D eigenvalue weighted by molar-refractivity contribution is 5.94. The maximum atomic E-state index is 15.1. The van der Waals surface area contributed by atoms with Gasteiger partial charge in [0.25, 0.3) is 0 Å². The molecule has 1 saturated heterocycles. The van der Waals surface area contributed by atoms with Gasteiger partial charge >= 0.3 is 35.9 Å². The summed E-state index contributed by atoms with van der Waals surface area (Å²) in [5.41, 5.74) is -8.90. The molecule has 0 spiro atoms. The van der Waals surface area contributed by atoms with E-state index in [1.807, 2.05) is 0 Å². The quantitative estimate of drug-likeness (QED) is 0.116. The molecular formula is C47H57NO17. The van der Waals surface area contributed by atoms with Crippen LogP contribution in [0.3, 0.4) is 0 Å². The molecule has 352 valence electrons. The lowest BCUT2D eigenvalue weighted by Gasteiger charge is -2.67. The number of benzene rings is 2. The van der Waals surface area contributed by atoms with Crippen LogP contribution in [0.5, 0.6) is 0 Å². The molecule has 2 aromatic carbocycles. The second-order valence-electron chi connectivity index (χ2n) is 18.9. The molecule has 18 nitrogen and oxygen atoms in total. The summed E-state index contributed by atoms with van der Waals surface area (Å²) in [7, 11) is 0. The number of carbonyl (C=O) groups excluding carboxylic acids is 6. The lowest BCUT2D eigenvalue weighted by atomic mass is 9.44. The number of Topliss-reactive ketones (excluding diaryl/α,β-unsaturated/α-hetero) is 1. The van der Waals surface area contributed by atoms with Crippen molar-refractivity contribution in [2.45, 2.75) is 141 Å². The first-order chi connectivity index (χ1) is 30.3. The molecule has 65 heavy (non-hydrogen) atoms. The molecule has 0 aromatic heterocycles. The highest BCUT2D eigenvalue weighted by Crippen LogP contribution is 2.64. The monoisotopic (exact) mass is 907 g/mol. The summed E-state index contributed by atoms with van der Waals surface area (Å²) in [6.45, 7) is 11.4. The third kappa shape index (κ3) is 9.00. The van der Waals surface area contributed by atoms with Crippen molar-refractivity contribution in [1.82, 2.24) is 5.32 Å². The van der Waals surface area contributed by atoms with Crippen LogP contribution in [-0.4, -0.2) is 122 Å². The highest BCUT2D eigenvalue weighted by atomic mass is 16.6. The average molecular weight is 908 g/mol. The summed E-state index contributed by atoms with van der Waals surface area (Å²) in [6, 6.07) is 14.0. The van der Waals surface area contributed by atoms with Crippen molar-refractivity contribution in [3.05, 3.63) is 82.9 Å². The average Bonchev–Trinajstić information content (AvgIpc) is 3.22. The van der Waals surface area contributed by atoms with Crippen molar-refractivity contribution in [3.8, 4) is 0 Å². The summed E-state index contributed by atoms with van der Waals surface area (Å²) < 4.78 is 35.5. The Labute approximate surface area is 375 Å². The Morgan fingerprint density at radius 1 is 0.923 bits per heavy atom. The number of ketones is 1. The third-order valence-corrected chi connectivity index (χ3v) is 13.3. The molecule has 0 unspecified atom stereocenters. The van der Waals surface area contributed by atoms with Crippen LogP contribution in [-0.2, 0) is 52.4 Å². The Morgan fingerprint density at radius 3 is 2.09 bits per heavy atom. The lowest BCUT2D eigenvalue weighted by molar-refractivity contribution is -0.346. The molecule has 2 bridgehead atoms. The summed E-state index contributed by atoms with van der Waals surface area (Å²) in [5, 5.41) is 49.8. The second-order valence-corrected chi connectivity index (χ2v) is 18.9. The fraction of sp³-hybridized carbons (Fsp3) is 0.553. The summed E-state index contributed by atoms with van der Waals surface area (Å²) in [5.74, 6) is -8.16. The van der Waals surface area contributed by atoms with Gasteiger partial charge in [-0.1, -0.05) is 62.4 Å². The zero-order chi connectivity index (χ0) is 48.0. The third-order valence-electron chi connectivity index (χ3n) is 13.3. The van der Waals surface area contributed by atoms with E-state index >= 15 is 4.79 Å². The molecule has 4 aliphatic rings. The molecule has 5 N–H and O–H groups in total. The molecule has 3 aliphatic carbocycles. The SMILES string of the molecule is CC(=O)O[C@@]12CO[C@@H]1C[C@H](O)[C@@]1(C)C(=O)[C@H](O)C3=C(C)[C@@H](OC(=O)[C@H](OC(=O)CCC(=O)O)[C@@H](NC(=O)OC(C)(C)C)c4ccccc4)C[C@@](O)([C@@H](OC(=O)c4ccccc4)[C@H]21)C3(C)C. The van der Waals surface area contributed by atoms with Gasteiger partial charge in [0, 0.05) is 25.2 Å². The van der Waals surface area contributed by atoms with E-state index in [1.54, 1.807) is 57.2 Å². The zero-order valence-corrected chi connectivity index (χ0v) is 37.5. The van der Waals surface area contributed by atoms with Gasteiger partial charge in [0.1, 0.15) is 41.7 Å². The number of rotatable bonds is 12. The van der Waals surface area contributed by atoms with Gasteiger partial charge in [0.15, 0.2) is 11.4 Å². The number of carboxylic acids is 1. The normalized spacial score (nSPS) is 31.2. The number of alkyl carbamates (subject to hydrolysis) is 1. The fourth-order valence-electron chi connectivity index (χ4n) is 10.1. The van der Waals surface area contributed by atoms with Crippen LogP contribution in [0, 0.1) is 16.7 Å². The second kappa shape index (κ2) is 17.9. The minimum absolute atomic E-state index is 0.0334. The number of fused-ring (bicyclic) bond motifs is 5. The Morgan fingerprint density at radius 2 is 1.54 bits per heavy atom. The van der Waals surface area contributed by atoms with E-state index < -0.39 is 137 Å². The summed E-state index contributed by atoms with van der Waals surface area (Å²) in [6.07, 6.45) is -13.5. The Balaban J connectivity index is 1.52. The number of hydrogen-bond donors (Lipinski definition) is 5. The molecule has 1 amide bonds. The number of ether oxygens (including phenoxy) is 6. The van der Waals surface area contributed by atoms with Crippen LogP contribution in [0.25, 0.3) is 0 Å². The molecule has 0 radical (unpaired) electrons. The van der Waals surface area contributed by atoms with Crippen molar-refractivity contribution in [2.75, 3.05) is 6.61 Å². The topological polar surface area (TPSA) is 268 Å². The number of esters is 4. The van der Waals surface area contributed by atoms with Crippen molar-refractivity contribution < 1.29 is 82.4 Å². The molecule has 1 aliphatic heterocycles. The Kier molecular flexibility index (Phi) is 13.5. The van der Waals surface area contributed by atoms with Gasteiger partial charge in [0.2, 0.25) is 6.10 Å².